The SMILES string of the molecule is O=C(O)c1cc(S(=O)Cc2ccncc2)ccc1Br. The van der Waals surface area contributed by atoms with Gasteiger partial charge in [-0.25, -0.2) is 4.79 Å². The van der Waals surface area contributed by atoms with Gasteiger partial charge in [0.1, 0.15) is 0 Å². The summed E-state index contributed by atoms with van der Waals surface area (Å²) >= 11 is 3.16. The molecule has 0 bridgehead atoms. The summed E-state index contributed by atoms with van der Waals surface area (Å²) in [5, 5.41) is 9.02. The first-order valence-corrected chi connectivity index (χ1v) is 7.49. The van der Waals surface area contributed by atoms with Gasteiger partial charge in [0.15, 0.2) is 0 Å². The average Bonchev–Trinajstić information content (AvgIpc) is 2.40. The highest BCUT2D eigenvalue weighted by Crippen LogP contribution is 2.21. The second-order valence-electron chi connectivity index (χ2n) is 3.79. The minimum atomic E-state index is -1.28. The highest BCUT2D eigenvalue weighted by atomic mass is 79.9. The molecule has 0 aliphatic heterocycles. The highest BCUT2D eigenvalue weighted by Gasteiger charge is 2.12. The van der Waals surface area contributed by atoms with E-state index in [1.165, 1.54) is 6.07 Å². The van der Waals surface area contributed by atoms with Crippen molar-refractivity contribution in [3.05, 3.63) is 58.3 Å². The second kappa shape index (κ2) is 6.08. The summed E-state index contributed by atoms with van der Waals surface area (Å²) in [5.74, 6) is -0.710. The van der Waals surface area contributed by atoms with Crippen molar-refractivity contribution in [2.75, 3.05) is 0 Å². The minimum Gasteiger partial charge on any atom is -0.478 e. The van der Waals surface area contributed by atoms with Crippen molar-refractivity contribution in [1.29, 1.82) is 0 Å². The Labute approximate surface area is 121 Å². The van der Waals surface area contributed by atoms with Crippen molar-refractivity contribution in [1.82, 2.24) is 4.98 Å². The summed E-state index contributed by atoms with van der Waals surface area (Å²) in [6, 6.07) is 8.27. The van der Waals surface area contributed by atoms with Crippen LogP contribution in [0.25, 0.3) is 0 Å². The van der Waals surface area contributed by atoms with Gasteiger partial charge in [-0.05, 0) is 51.8 Å². The fourth-order valence-corrected chi connectivity index (χ4v) is 3.07. The number of aromatic nitrogens is 1. The largest absolute Gasteiger partial charge is 0.478 e. The first kappa shape index (κ1) is 13.9. The molecule has 0 amide bonds. The van der Waals surface area contributed by atoms with Gasteiger partial charge in [0, 0.05) is 21.8 Å². The molecule has 0 fully saturated rings. The van der Waals surface area contributed by atoms with E-state index in [1.807, 2.05) is 0 Å². The third kappa shape index (κ3) is 3.48. The van der Waals surface area contributed by atoms with E-state index >= 15 is 0 Å². The number of aromatic carboxylic acids is 1. The molecule has 0 aliphatic carbocycles. The van der Waals surface area contributed by atoms with E-state index < -0.39 is 16.8 Å². The number of hydrogen-bond acceptors (Lipinski definition) is 3. The van der Waals surface area contributed by atoms with E-state index in [-0.39, 0.29) is 5.56 Å². The molecule has 1 aromatic carbocycles. The van der Waals surface area contributed by atoms with Crippen LogP contribution >= 0.6 is 15.9 Å². The van der Waals surface area contributed by atoms with Crippen molar-refractivity contribution in [2.24, 2.45) is 0 Å². The number of carboxylic acids is 1. The highest BCUT2D eigenvalue weighted by molar-refractivity contribution is 9.10. The van der Waals surface area contributed by atoms with Crippen LogP contribution in [0.3, 0.4) is 0 Å². The third-order valence-electron chi connectivity index (χ3n) is 2.48. The molecule has 19 heavy (non-hydrogen) atoms. The van der Waals surface area contributed by atoms with Gasteiger partial charge in [0.25, 0.3) is 0 Å². The number of pyridine rings is 1. The lowest BCUT2D eigenvalue weighted by Gasteiger charge is -2.05. The number of carboxylic acid groups (broad SMARTS) is 1. The maximum absolute atomic E-state index is 12.2. The predicted molar refractivity (Wildman–Crippen MR) is 75.5 cm³/mol. The first-order chi connectivity index (χ1) is 9.08. The smallest absolute Gasteiger partial charge is 0.336 e. The quantitative estimate of drug-likeness (QED) is 0.929. The molecule has 1 aromatic heterocycles. The fraction of sp³-hybridized carbons (Fsp3) is 0.0769. The van der Waals surface area contributed by atoms with Gasteiger partial charge in [-0.2, -0.15) is 0 Å². The Balaban J connectivity index is 2.25. The number of rotatable bonds is 4. The van der Waals surface area contributed by atoms with E-state index in [4.69, 9.17) is 5.11 Å². The Hall–Kier alpha value is -1.53. The molecule has 0 saturated heterocycles. The lowest BCUT2D eigenvalue weighted by molar-refractivity contribution is 0.0695. The van der Waals surface area contributed by atoms with Crippen LogP contribution in [0.15, 0.2) is 52.1 Å². The van der Waals surface area contributed by atoms with Crippen LogP contribution in [0.5, 0.6) is 0 Å². The summed E-state index contributed by atoms with van der Waals surface area (Å²) in [6.07, 6.45) is 3.27. The number of carbonyl (C=O) groups is 1. The Morgan fingerprint density at radius 1 is 1.26 bits per heavy atom. The fourth-order valence-electron chi connectivity index (χ4n) is 1.52. The van der Waals surface area contributed by atoms with Crippen molar-refractivity contribution in [3.8, 4) is 0 Å². The molecule has 1 heterocycles. The minimum absolute atomic E-state index is 0.112. The van der Waals surface area contributed by atoms with Gasteiger partial charge >= 0.3 is 5.97 Å². The molecule has 0 saturated carbocycles. The third-order valence-corrected chi connectivity index (χ3v) is 4.54. The van der Waals surface area contributed by atoms with E-state index in [0.29, 0.717) is 15.1 Å². The van der Waals surface area contributed by atoms with Crippen LogP contribution < -0.4 is 0 Å². The van der Waals surface area contributed by atoms with Crippen molar-refractivity contribution >= 4 is 32.7 Å². The van der Waals surface area contributed by atoms with E-state index in [2.05, 4.69) is 20.9 Å². The molecule has 2 rings (SSSR count). The predicted octanol–water partition coefficient (Wildman–Crippen LogP) is 2.85. The lowest BCUT2D eigenvalue weighted by Crippen LogP contribution is -2.02. The Morgan fingerprint density at radius 3 is 2.58 bits per heavy atom. The standard InChI is InChI=1S/C13H10BrNO3S/c14-12-2-1-10(7-11(12)13(16)17)19(18)8-9-3-5-15-6-4-9/h1-7H,8H2,(H,16,17). The molecular weight excluding hydrogens is 330 g/mol. The second-order valence-corrected chi connectivity index (χ2v) is 6.10. The molecular formula is C13H10BrNO3S. The van der Waals surface area contributed by atoms with Crippen LogP contribution in [0.4, 0.5) is 0 Å². The maximum Gasteiger partial charge on any atom is 0.336 e. The summed E-state index contributed by atoms with van der Waals surface area (Å²) in [4.78, 5) is 15.4. The molecule has 1 unspecified atom stereocenters. The zero-order chi connectivity index (χ0) is 13.8. The molecule has 4 nitrogen and oxygen atoms in total. The van der Waals surface area contributed by atoms with E-state index in [0.717, 1.165) is 5.56 Å². The number of halogens is 1. The first-order valence-electron chi connectivity index (χ1n) is 5.38. The Bertz CT molecular complexity index is 631. The average molecular weight is 340 g/mol. The number of hydrogen-bond donors (Lipinski definition) is 1. The number of benzene rings is 1. The number of nitrogens with zero attached hydrogens (tertiary/aromatic N) is 1. The summed E-state index contributed by atoms with van der Waals surface area (Å²) in [5.41, 5.74) is 1.01. The zero-order valence-corrected chi connectivity index (χ0v) is 12.1. The molecule has 98 valence electrons. The van der Waals surface area contributed by atoms with E-state index in [1.54, 1.807) is 36.7 Å². The summed E-state index contributed by atoms with van der Waals surface area (Å²) in [6.45, 7) is 0. The van der Waals surface area contributed by atoms with Crippen molar-refractivity contribution in [2.45, 2.75) is 10.6 Å². The Morgan fingerprint density at radius 2 is 1.95 bits per heavy atom. The maximum atomic E-state index is 12.2. The molecule has 0 aliphatic rings. The van der Waals surface area contributed by atoms with Crippen LogP contribution in [-0.4, -0.2) is 20.3 Å². The van der Waals surface area contributed by atoms with Crippen LogP contribution in [0.1, 0.15) is 15.9 Å². The normalized spacial score (nSPS) is 12.1. The van der Waals surface area contributed by atoms with Crippen LogP contribution in [0.2, 0.25) is 0 Å². The van der Waals surface area contributed by atoms with Gasteiger partial charge in [-0.1, -0.05) is 0 Å². The van der Waals surface area contributed by atoms with Gasteiger partial charge < -0.3 is 5.11 Å². The van der Waals surface area contributed by atoms with Crippen molar-refractivity contribution < 1.29 is 14.1 Å². The molecule has 1 atom stereocenters. The van der Waals surface area contributed by atoms with Gasteiger partial charge in [-0.3, -0.25) is 9.19 Å². The molecule has 6 heteroatoms. The lowest BCUT2D eigenvalue weighted by atomic mass is 10.2. The zero-order valence-electron chi connectivity index (χ0n) is 9.75. The molecule has 0 spiro atoms. The topological polar surface area (TPSA) is 67.3 Å². The summed E-state index contributed by atoms with van der Waals surface area (Å²) in [7, 11) is -1.28. The monoisotopic (exact) mass is 339 g/mol. The Kier molecular flexibility index (Phi) is 4.44. The summed E-state index contributed by atoms with van der Waals surface area (Å²) < 4.78 is 12.7. The van der Waals surface area contributed by atoms with Crippen LogP contribution in [0, 0.1) is 0 Å². The molecule has 0 radical (unpaired) electrons. The van der Waals surface area contributed by atoms with Gasteiger partial charge in [0.05, 0.1) is 22.1 Å². The van der Waals surface area contributed by atoms with E-state index in [9.17, 15) is 9.00 Å². The van der Waals surface area contributed by atoms with Gasteiger partial charge in [-0.15, -0.1) is 0 Å². The van der Waals surface area contributed by atoms with Gasteiger partial charge in [0.2, 0.25) is 0 Å². The molecule has 1 N–H and O–H groups in total. The van der Waals surface area contributed by atoms with Crippen molar-refractivity contribution in [3.63, 3.8) is 0 Å². The molecule has 2 aromatic rings. The van der Waals surface area contributed by atoms with Crippen LogP contribution in [-0.2, 0) is 16.6 Å².